The Kier molecular flexibility index (Phi) is 5.95. The average molecular weight is 369 g/mol. The molecule has 2 aromatic rings. The summed E-state index contributed by atoms with van der Waals surface area (Å²) in [7, 11) is 0. The molecule has 0 N–H and O–H groups in total. The second-order valence-electron chi connectivity index (χ2n) is 5.67. The zero-order valence-electron chi connectivity index (χ0n) is 13.9. The van der Waals surface area contributed by atoms with Gasteiger partial charge in [-0.2, -0.15) is 13.2 Å². The highest BCUT2D eigenvalue weighted by Gasteiger charge is 2.28. The van der Waals surface area contributed by atoms with E-state index in [1.807, 2.05) is 0 Å². The van der Waals surface area contributed by atoms with Gasteiger partial charge in [-0.3, -0.25) is 0 Å². The Morgan fingerprint density at radius 1 is 1.08 bits per heavy atom. The van der Waals surface area contributed by atoms with Gasteiger partial charge in [-0.05, 0) is 18.2 Å². The summed E-state index contributed by atoms with van der Waals surface area (Å²) in [5.41, 5.74) is 1.20. The van der Waals surface area contributed by atoms with E-state index in [1.54, 1.807) is 30.3 Å². The van der Waals surface area contributed by atoms with Crippen LogP contribution in [0.25, 0.3) is 11.3 Å². The van der Waals surface area contributed by atoms with Gasteiger partial charge in [-0.15, -0.1) is 0 Å². The number of aromatic nitrogens is 1. The molecule has 0 saturated carbocycles. The molecule has 1 aromatic carbocycles. The maximum atomic E-state index is 12.3. The van der Waals surface area contributed by atoms with Crippen LogP contribution in [0.3, 0.4) is 0 Å². The summed E-state index contributed by atoms with van der Waals surface area (Å²) in [6, 6.07) is 11.5. The molecule has 26 heavy (non-hydrogen) atoms. The summed E-state index contributed by atoms with van der Waals surface area (Å²) in [5.74, 6) is 0.527. The van der Waals surface area contributed by atoms with Crippen LogP contribution in [0.15, 0.2) is 42.5 Å². The highest BCUT2D eigenvalue weighted by molar-refractivity contribution is 5.61. The molecule has 1 aliphatic heterocycles. The fraction of sp³-hybridized carbons (Fsp3) is 0.389. The van der Waals surface area contributed by atoms with Crippen LogP contribution in [0, 0.1) is 0 Å². The van der Waals surface area contributed by atoms with Crippen LogP contribution in [0.1, 0.15) is 0 Å². The molecular formula is C18H18F3NO4. The summed E-state index contributed by atoms with van der Waals surface area (Å²) in [4.78, 5) is 4.38. The molecule has 1 aromatic heterocycles. The van der Waals surface area contributed by atoms with E-state index < -0.39 is 12.8 Å². The first kappa shape index (κ1) is 18.5. The average Bonchev–Trinajstić information content (AvgIpc) is 2.66. The van der Waals surface area contributed by atoms with E-state index in [2.05, 4.69) is 4.98 Å². The van der Waals surface area contributed by atoms with Gasteiger partial charge in [0.05, 0.1) is 25.5 Å². The van der Waals surface area contributed by atoms with Crippen LogP contribution < -0.4 is 9.47 Å². The topological polar surface area (TPSA) is 49.8 Å². The molecule has 5 nitrogen and oxygen atoms in total. The van der Waals surface area contributed by atoms with Gasteiger partial charge in [0.2, 0.25) is 5.88 Å². The SMILES string of the molecule is FC(F)(F)COc1cccc(-c2cccc(OC[C@H]3COCCO3)n2)c1. The van der Waals surface area contributed by atoms with Crippen molar-refractivity contribution in [1.82, 2.24) is 4.98 Å². The fourth-order valence-corrected chi connectivity index (χ4v) is 2.38. The standard InChI is InChI=1S/C18H18F3NO4/c19-18(20,21)12-26-14-4-1-3-13(9-14)16-5-2-6-17(22-16)25-11-15-10-23-7-8-24-15/h1-6,9,15H,7-8,10-12H2/t15-/m1/s1. The minimum atomic E-state index is -4.38. The number of hydrogen-bond acceptors (Lipinski definition) is 5. The van der Waals surface area contributed by atoms with E-state index in [4.69, 9.17) is 18.9 Å². The third-order valence-electron chi connectivity index (χ3n) is 3.56. The van der Waals surface area contributed by atoms with Crippen LogP contribution in [-0.2, 0) is 9.47 Å². The third kappa shape index (κ3) is 5.60. The molecule has 0 unspecified atom stereocenters. The van der Waals surface area contributed by atoms with Crippen molar-refractivity contribution < 1.29 is 32.1 Å². The van der Waals surface area contributed by atoms with Crippen molar-refractivity contribution in [1.29, 1.82) is 0 Å². The van der Waals surface area contributed by atoms with Crippen molar-refractivity contribution in [2.75, 3.05) is 33.0 Å². The van der Waals surface area contributed by atoms with Crippen molar-refractivity contribution in [3.05, 3.63) is 42.5 Å². The molecule has 2 heterocycles. The third-order valence-corrected chi connectivity index (χ3v) is 3.56. The Morgan fingerprint density at radius 2 is 1.92 bits per heavy atom. The molecule has 0 radical (unpaired) electrons. The lowest BCUT2D eigenvalue weighted by Gasteiger charge is -2.22. The first-order chi connectivity index (χ1) is 12.5. The van der Waals surface area contributed by atoms with Gasteiger partial charge in [-0.1, -0.05) is 18.2 Å². The van der Waals surface area contributed by atoms with Gasteiger partial charge >= 0.3 is 6.18 Å². The second-order valence-corrected chi connectivity index (χ2v) is 5.67. The number of ether oxygens (including phenoxy) is 4. The van der Waals surface area contributed by atoms with Gasteiger partial charge in [0, 0.05) is 11.6 Å². The molecule has 3 rings (SSSR count). The van der Waals surface area contributed by atoms with E-state index in [1.165, 1.54) is 12.1 Å². The number of nitrogens with zero attached hydrogens (tertiary/aromatic N) is 1. The summed E-state index contributed by atoms with van der Waals surface area (Å²) >= 11 is 0. The van der Waals surface area contributed by atoms with Gasteiger partial charge in [0.15, 0.2) is 6.61 Å². The fourth-order valence-electron chi connectivity index (χ4n) is 2.38. The maximum absolute atomic E-state index is 12.3. The van der Waals surface area contributed by atoms with Crippen molar-refractivity contribution in [2.45, 2.75) is 12.3 Å². The maximum Gasteiger partial charge on any atom is 0.422 e. The van der Waals surface area contributed by atoms with Crippen molar-refractivity contribution in [3.8, 4) is 22.9 Å². The number of hydrogen-bond donors (Lipinski definition) is 0. The largest absolute Gasteiger partial charge is 0.484 e. The lowest BCUT2D eigenvalue weighted by Crippen LogP contribution is -2.33. The molecule has 1 aliphatic rings. The van der Waals surface area contributed by atoms with E-state index in [-0.39, 0.29) is 11.9 Å². The zero-order chi connectivity index (χ0) is 18.4. The van der Waals surface area contributed by atoms with E-state index in [0.717, 1.165) is 0 Å². The molecule has 0 spiro atoms. The lowest BCUT2D eigenvalue weighted by molar-refractivity contribution is -0.153. The zero-order valence-corrected chi connectivity index (χ0v) is 13.9. The van der Waals surface area contributed by atoms with Crippen LogP contribution in [0.5, 0.6) is 11.6 Å². The second kappa shape index (κ2) is 8.37. The summed E-state index contributed by atoms with van der Waals surface area (Å²) < 4.78 is 58.1. The lowest BCUT2D eigenvalue weighted by atomic mass is 10.1. The van der Waals surface area contributed by atoms with Gasteiger partial charge in [0.25, 0.3) is 0 Å². The Labute approximate surface area is 148 Å². The molecule has 0 amide bonds. The normalized spacial score (nSPS) is 17.7. The number of pyridine rings is 1. The Morgan fingerprint density at radius 3 is 2.69 bits per heavy atom. The number of rotatable bonds is 6. The molecule has 1 atom stereocenters. The number of alkyl halides is 3. The Hall–Kier alpha value is -2.32. The molecule has 140 valence electrons. The first-order valence-electron chi connectivity index (χ1n) is 8.09. The van der Waals surface area contributed by atoms with E-state index in [0.29, 0.717) is 43.6 Å². The number of halogens is 3. The van der Waals surface area contributed by atoms with Gasteiger partial charge in [0.1, 0.15) is 18.5 Å². The molecule has 0 bridgehead atoms. The summed E-state index contributed by atoms with van der Waals surface area (Å²) in [5, 5.41) is 0. The van der Waals surface area contributed by atoms with E-state index in [9.17, 15) is 13.2 Å². The highest BCUT2D eigenvalue weighted by Crippen LogP contribution is 2.25. The number of benzene rings is 1. The van der Waals surface area contributed by atoms with Crippen molar-refractivity contribution >= 4 is 0 Å². The molecule has 1 saturated heterocycles. The smallest absolute Gasteiger partial charge is 0.422 e. The minimum Gasteiger partial charge on any atom is -0.484 e. The van der Waals surface area contributed by atoms with Gasteiger partial charge in [-0.25, -0.2) is 4.98 Å². The highest BCUT2D eigenvalue weighted by atomic mass is 19.4. The predicted octanol–water partition coefficient (Wildman–Crippen LogP) is 3.48. The molecule has 1 fully saturated rings. The monoisotopic (exact) mass is 369 g/mol. The molecule has 8 heteroatoms. The summed E-state index contributed by atoms with van der Waals surface area (Å²) in [6.45, 7) is 0.559. The van der Waals surface area contributed by atoms with Gasteiger partial charge < -0.3 is 18.9 Å². The van der Waals surface area contributed by atoms with Crippen LogP contribution in [0.4, 0.5) is 13.2 Å². The van der Waals surface area contributed by atoms with Crippen LogP contribution in [0.2, 0.25) is 0 Å². The van der Waals surface area contributed by atoms with Crippen molar-refractivity contribution in [3.63, 3.8) is 0 Å². The Bertz CT molecular complexity index is 718. The molecular weight excluding hydrogens is 351 g/mol. The minimum absolute atomic E-state index is 0.126. The van der Waals surface area contributed by atoms with Crippen LogP contribution >= 0.6 is 0 Å². The van der Waals surface area contributed by atoms with Crippen LogP contribution in [-0.4, -0.2) is 50.3 Å². The summed E-state index contributed by atoms with van der Waals surface area (Å²) in [6.07, 6.45) is -4.53. The van der Waals surface area contributed by atoms with Crippen molar-refractivity contribution in [2.24, 2.45) is 0 Å². The van der Waals surface area contributed by atoms with E-state index >= 15 is 0 Å². The quantitative estimate of drug-likeness (QED) is 0.780. The molecule has 0 aliphatic carbocycles. The Balaban J connectivity index is 1.65. The first-order valence-corrected chi connectivity index (χ1v) is 8.09. The predicted molar refractivity (Wildman–Crippen MR) is 87.3 cm³/mol.